The zero-order valence-electron chi connectivity index (χ0n) is 17.7. The third-order valence-corrected chi connectivity index (χ3v) is 5.79. The predicted octanol–water partition coefficient (Wildman–Crippen LogP) is 4.55. The Kier molecular flexibility index (Phi) is 6.55. The number of rotatable bonds is 6. The highest BCUT2D eigenvalue weighted by Crippen LogP contribution is 2.25. The molecular formula is C25H27FN4O. The Morgan fingerprint density at radius 2 is 1.84 bits per heavy atom. The van der Waals surface area contributed by atoms with Crippen molar-refractivity contribution < 1.29 is 9.18 Å². The van der Waals surface area contributed by atoms with Crippen LogP contribution in [0.4, 0.5) is 10.2 Å². The van der Waals surface area contributed by atoms with Crippen molar-refractivity contribution in [1.82, 2.24) is 15.1 Å². The van der Waals surface area contributed by atoms with Gasteiger partial charge in [-0.2, -0.15) is 0 Å². The highest BCUT2D eigenvalue weighted by atomic mass is 19.1. The molecule has 31 heavy (non-hydrogen) atoms. The Balaban J connectivity index is 1.42. The molecule has 0 spiro atoms. The zero-order chi connectivity index (χ0) is 21.6. The molecule has 1 aliphatic heterocycles. The number of hydrogen-bond acceptors (Lipinski definition) is 4. The molecule has 2 heterocycles. The number of hydrogen-bond donors (Lipinski definition) is 0. The van der Waals surface area contributed by atoms with Crippen LogP contribution in [0.15, 0.2) is 66.7 Å². The molecule has 1 aliphatic rings. The predicted molar refractivity (Wildman–Crippen MR) is 120 cm³/mol. The molecule has 0 bridgehead atoms. The van der Waals surface area contributed by atoms with E-state index in [0.29, 0.717) is 25.3 Å². The highest BCUT2D eigenvalue weighted by molar-refractivity contribution is 5.79. The van der Waals surface area contributed by atoms with Gasteiger partial charge in [0.05, 0.1) is 11.6 Å². The van der Waals surface area contributed by atoms with Crippen LogP contribution in [0.1, 0.15) is 25.3 Å². The number of nitrogens with zero attached hydrogens (tertiary/aromatic N) is 4. The summed E-state index contributed by atoms with van der Waals surface area (Å²) in [5.41, 5.74) is 2.67. The van der Waals surface area contributed by atoms with Crippen LogP contribution in [-0.4, -0.2) is 40.6 Å². The molecule has 6 heteroatoms. The number of piperidine rings is 1. The summed E-state index contributed by atoms with van der Waals surface area (Å²) in [6.45, 7) is 4.87. The van der Waals surface area contributed by atoms with E-state index in [0.717, 1.165) is 36.3 Å². The van der Waals surface area contributed by atoms with Gasteiger partial charge < -0.3 is 9.80 Å². The molecule has 0 radical (unpaired) electrons. The van der Waals surface area contributed by atoms with Gasteiger partial charge in [-0.15, -0.1) is 10.2 Å². The standard InChI is InChI=1S/C25H27FN4O/c1-2-29(17-19-7-4-3-5-8-19)25(31)21-9-6-16-30(18-21)24-15-14-23(27-28-24)20-10-12-22(26)13-11-20/h3-5,7-8,10-15,21H,2,6,9,16-18H2,1H3/t21-/m0/s1. The fraction of sp³-hybridized carbons (Fsp3) is 0.320. The summed E-state index contributed by atoms with van der Waals surface area (Å²) < 4.78 is 13.1. The van der Waals surface area contributed by atoms with Crippen molar-refractivity contribution in [2.75, 3.05) is 24.5 Å². The van der Waals surface area contributed by atoms with Crippen molar-refractivity contribution in [3.8, 4) is 11.3 Å². The van der Waals surface area contributed by atoms with Crippen LogP contribution in [0.5, 0.6) is 0 Å². The molecule has 160 valence electrons. The van der Waals surface area contributed by atoms with Crippen LogP contribution in [-0.2, 0) is 11.3 Å². The minimum Gasteiger partial charge on any atom is -0.354 e. The number of carbonyl (C=O) groups excluding carboxylic acids is 1. The van der Waals surface area contributed by atoms with Gasteiger partial charge in [-0.05, 0) is 61.7 Å². The average Bonchev–Trinajstić information content (AvgIpc) is 2.83. The van der Waals surface area contributed by atoms with Crippen molar-refractivity contribution >= 4 is 11.7 Å². The normalized spacial score (nSPS) is 16.2. The van der Waals surface area contributed by atoms with Crippen LogP contribution in [0.3, 0.4) is 0 Å². The van der Waals surface area contributed by atoms with Gasteiger partial charge in [-0.25, -0.2) is 4.39 Å². The number of carbonyl (C=O) groups is 1. The van der Waals surface area contributed by atoms with Gasteiger partial charge in [-0.1, -0.05) is 30.3 Å². The first-order valence-electron chi connectivity index (χ1n) is 10.8. The van der Waals surface area contributed by atoms with Gasteiger partial charge in [-0.3, -0.25) is 4.79 Å². The van der Waals surface area contributed by atoms with Crippen LogP contribution in [0.25, 0.3) is 11.3 Å². The van der Waals surface area contributed by atoms with Crippen molar-refractivity contribution in [2.24, 2.45) is 5.92 Å². The van der Waals surface area contributed by atoms with Gasteiger partial charge in [0.25, 0.3) is 0 Å². The highest BCUT2D eigenvalue weighted by Gasteiger charge is 2.29. The van der Waals surface area contributed by atoms with Crippen LogP contribution in [0, 0.1) is 11.7 Å². The summed E-state index contributed by atoms with van der Waals surface area (Å²) in [4.78, 5) is 17.3. The number of anilines is 1. The van der Waals surface area contributed by atoms with Crippen molar-refractivity contribution in [3.63, 3.8) is 0 Å². The van der Waals surface area contributed by atoms with Gasteiger partial charge >= 0.3 is 0 Å². The lowest BCUT2D eigenvalue weighted by atomic mass is 9.96. The third-order valence-electron chi connectivity index (χ3n) is 5.79. The molecular weight excluding hydrogens is 391 g/mol. The molecule has 1 aromatic heterocycles. The molecule has 0 N–H and O–H groups in total. The fourth-order valence-electron chi connectivity index (χ4n) is 4.06. The lowest BCUT2D eigenvalue weighted by molar-refractivity contribution is -0.136. The van der Waals surface area contributed by atoms with Gasteiger partial charge in [0.2, 0.25) is 5.91 Å². The van der Waals surface area contributed by atoms with Gasteiger partial charge in [0.15, 0.2) is 5.82 Å². The van der Waals surface area contributed by atoms with Gasteiger partial charge in [0, 0.05) is 31.7 Å². The van der Waals surface area contributed by atoms with E-state index in [1.807, 2.05) is 42.2 Å². The largest absolute Gasteiger partial charge is 0.354 e. The monoisotopic (exact) mass is 418 g/mol. The maximum atomic E-state index is 13.2. The molecule has 0 aliphatic carbocycles. The average molecular weight is 419 g/mol. The Bertz CT molecular complexity index is 992. The first-order valence-corrected chi connectivity index (χ1v) is 10.8. The van der Waals surface area contributed by atoms with E-state index >= 15 is 0 Å². The Hall–Kier alpha value is -3.28. The van der Waals surface area contributed by atoms with E-state index in [4.69, 9.17) is 0 Å². The molecule has 3 aromatic rings. The molecule has 1 fully saturated rings. The summed E-state index contributed by atoms with van der Waals surface area (Å²) in [5, 5.41) is 8.71. The third kappa shape index (κ3) is 5.08. The number of aromatic nitrogens is 2. The van der Waals surface area contributed by atoms with E-state index in [9.17, 15) is 9.18 Å². The van der Waals surface area contributed by atoms with Crippen LogP contribution < -0.4 is 4.90 Å². The van der Waals surface area contributed by atoms with Crippen molar-refractivity contribution in [2.45, 2.75) is 26.3 Å². The smallest absolute Gasteiger partial charge is 0.227 e. The Labute approximate surface area is 182 Å². The van der Waals surface area contributed by atoms with Crippen LogP contribution in [0.2, 0.25) is 0 Å². The topological polar surface area (TPSA) is 49.3 Å². The second-order valence-corrected chi connectivity index (χ2v) is 7.91. The fourth-order valence-corrected chi connectivity index (χ4v) is 4.06. The molecule has 5 nitrogen and oxygen atoms in total. The molecule has 2 aromatic carbocycles. The quantitative estimate of drug-likeness (QED) is 0.589. The Morgan fingerprint density at radius 1 is 1.06 bits per heavy atom. The second-order valence-electron chi connectivity index (χ2n) is 7.91. The molecule has 0 saturated carbocycles. The van der Waals surface area contributed by atoms with Crippen LogP contribution >= 0.6 is 0 Å². The molecule has 1 atom stereocenters. The minimum absolute atomic E-state index is 0.0454. The van der Waals surface area contributed by atoms with E-state index in [-0.39, 0.29) is 17.6 Å². The van der Waals surface area contributed by atoms with E-state index in [2.05, 4.69) is 27.2 Å². The first-order chi connectivity index (χ1) is 15.1. The first kappa shape index (κ1) is 21.0. The van der Waals surface area contributed by atoms with E-state index < -0.39 is 0 Å². The van der Waals surface area contributed by atoms with Crippen molar-refractivity contribution in [3.05, 3.63) is 78.1 Å². The molecule has 4 rings (SSSR count). The second kappa shape index (κ2) is 9.69. The van der Waals surface area contributed by atoms with E-state index in [1.165, 1.54) is 12.1 Å². The lowest BCUT2D eigenvalue weighted by Gasteiger charge is -2.35. The summed E-state index contributed by atoms with van der Waals surface area (Å²) in [6, 6.07) is 20.2. The summed E-state index contributed by atoms with van der Waals surface area (Å²) >= 11 is 0. The Morgan fingerprint density at radius 3 is 2.52 bits per heavy atom. The summed E-state index contributed by atoms with van der Waals surface area (Å²) in [7, 11) is 0. The molecule has 1 amide bonds. The molecule has 0 unspecified atom stereocenters. The van der Waals surface area contributed by atoms with Gasteiger partial charge in [0.1, 0.15) is 5.82 Å². The number of amides is 1. The maximum Gasteiger partial charge on any atom is 0.227 e. The minimum atomic E-state index is -0.272. The SMILES string of the molecule is CCN(Cc1ccccc1)C(=O)[C@H]1CCCN(c2ccc(-c3ccc(F)cc3)nn2)C1. The zero-order valence-corrected chi connectivity index (χ0v) is 17.7. The maximum absolute atomic E-state index is 13.2. The van der Waals surface area contributed by atoms with E-state index in [1.54, 1.807) is 12.1 Å². The number of benzene rings is 2. The lowest BCUT2D eigenvalue weighted by Crippen LogP contribution is -2.45. The summed E-state index contributed by atoms with van der Waals surface area (Å²) in [5.74, 6) is 0.656. The number of halogens is 1. The van der Waals surface area contributed by atoms with Crippen molar-refractivity contribution in [1.29, 1.82) is 0 Å². The summed E-state index contributed by atoms with van der Waals surface area (Å²) in [6.07, 6.45) is 1.84. The molecule has 1 saturated heterocycles.